The van der Waals surface area contributed by atoms with Gasteiger partial charge in [-0.1, -0.05) is 16.8 Å². The van der Waals surface area contributed by atoms with Gasteiger partial charge in [0.2, 0.25) is 0 Å². The number of benzene rings is 1. The molecule has 0 spiro atoms. The Morgan fingerprint density at radius 2 is 2.17 bits per heavy atom. The molecule has 5 heteroatoms. The van der Waals surface area contributed by atoms with E-state index < -0.39 is 6.10 Å². The Kier molecular flexibility index (Phi) is 4.71. The average molecular weight is 250 g/mol. The number of hydrogen-bond acceptors (Lipinski definition) is 4. The van der Waals surface area contributed by atoms with Gasteiger partial charge >= 0.3 is 0 Å². The first-order valence-corrected chi connectivity index (χ1v) is 5.67. The average Bonchev–Trinajstić information content (AvgIpc) is 2.38. The highest BCUT2D eigenvalue weighted by Gasteiger charge is 2.16. The van der Waals surface area contributed by atoms with E-state index in [4.69, 9.17) is 9.94 Å². The summed E-state index contributed by atoms with van der Waals surface area (Å²) in [7, 11) is 1.55. The van der Waals surface area contributed by atoms with Crippen molar-refractivity contribution in [2.45, 2.75) is 26.9 Å². The smallest absolute Gasteiger partial charge is 0.260 e. The van der Waals surface area contributed by atoms with Crippen LogP contribution in [0.2, 0.25) is 0 Å². The number of nitrogens with one attached hydrogen (secondary N) is 1. The molecule has 0 bridgehead atoms. The highest BCUT2D eigenvalue weighted by Crippen LogP contribution is 2.22. The predicted octanol–water partition coefficient (Wildman–Crippen LogP) is 1.71. The van der Waals surface area contributed by atoms with Gasteiger partial charge in [-0.2, -0.15) is 0 Å². The van der Waals surface area contributed by atoms with Crippen LogP contribution in [0, 0.1) is 6.92 Å². The zero-order chi connectivity index (χ0) is 13.7. The fraction of sp³-hybridized carbons (Fsp3) is 0.385. The van der Waals surface area contributed by atoms with Crippen molar-refractivity contribution in [1.29, 1.82) is 0 Å². The van der Waals surface area contributed by atoms with E-state index in [0.717, 1.165) is 5.56 Å². The molecule has 0 fully saturated rings. The van der Waals surface area contributed by atoms with Crippen LogP contribution in [-0.4, -0.2) is 30.0 Å². The molecule has 1 rings (SSSR count). The van der Waals surface area contributed by atoms with Crippen LogP contribution in [0.1, 0.15) is 25.0 Å². The maximum atomic E-state index is 11.4. The summed E-state index contributed by atoms with van der Waals surface area (Å²) in [6.07, 6.45) is -0.608. The summed E-state index contributed by atoms with van der Waals surface area (Å²) >= 11 is 0. The van der Waals surface area contributed by atoms with E-state index in [2.05, 4.69) is 10.5 Å². The number of carbonyl (C=O) groups is 1. The fourth-order valence-electron chi connectivity index (χ4n) is 1.53. The molecule has 1 aromatic rings. The van der Waals surface area contributed by atoms with Crippen molar-refractivity contribution >= 4 is 11.6 Å². The first-order valence-electron chi connectivity index (χ1n) is 5.67. The van der Waals surface area contributed by atoms with Crippen LogP contribution in [0.5, 0.6) is 5.75 Å². The second-order valence-corrected chi connectivity index (χ2v) is 4.06. The van der Waals surface area contributed by atoms with E-state index in [9.17, 15) is 4.79 Å². The van der Waals surface area contributed by atoms with Crippen LogP contribution >= 0.6 is 0 Å². The monoisotopic (exact) mass is 250 g/mol. The zero-order valence-electron chi connectivity index (χ0n) is 11.0. The molecule has 1 unspecified atom stereocenters. The molecule has 0 radical (unpaired) electrons. The molecule has 1 aromatic carbocycles. The summed E-state index contributed by atoms with van der Waals surface area (Å²) < 4.78 is 5.57. The van der Waals surface area contributed by atoms with Crippen molar-refractivity contribution in [3.05, 3.63) is 29.3 Å². The highest BCUT2D eigenvalue weighted by atomic mass is 16.5. The minimum Gasteiger partial charge on any atom is -0.480 e. The van der Waals surface area contributed by atoms with Gasteiger partial charge in [0.05, 0.1) is 5.71 Å². The summed E-state index contributed by atoms with van der Waals surface area (Å²) in [6.45, 7) is 5.26. The molecule has 1 amide bonds. The standard InChI is InChI=1S/C13H18N2O3/c1-8-5-6-12(11(7-8)9(2)15-17)18-10(3)13(16)14-4/h5-7,10,17H,1-4H3,(H,14,16)/b15-9+. The molecule has 0 heterocycles. The number of nitrogens with zero attached hydrogens (tertiary/aromatic N) is 1. The molecule has 1 atom stereocenters. The molecular formula is C13H18N2O3. The van der Waals surface area contributed by atoms with Crippen LogP contribution in [0.4, 0.5) is 0 Å². The molecule has 0 aromatic heterocycles. The van der Waals surface area contributed by atoms with Gasteiger partial charge in [-0.25, -0.2) is 0 Å². The Morgan fingerprint density at radius 3 is 2.72 bits per heavy atom. The van der Waals surface area contributed by atoms with Gasteiger partial charge in [-0.3, -0.25) is 4.79 Å². The van der Waals surface area contributed by atoms with Gasteiger partial charge in [-0.15, -0.1) is 0 Å². The number of oxime groups is 1. The Balaban J connectivity index is 3.05. The summed E-state index contributed by atoms with van der Waals surface area (Å²) in [5.41, 5.74) is 2.14. The molecule has 98 valence electrons. The maximum absolute atomic E-state index is 11.4. The molecule has 5 nitrogen and oxygen atoms in total. The number of carbonyl (C=O) groups excluding carboxylic acids is 1. The van der Waals surface area contributed by atoms with E-state index in [1.807, 2.05) is 19.1 Å². The Bertz CT molecular complexity index is 469. The van der Waals surface area contributed by atoms with E-state index >= 15 is 0 Å². The van der Waals surface area contributed by atoms with Gasteiger partial charge in [0, 0.05) is 12.6 Å². The molecule has 18 heavy (non-hydrogen) atoms. The van der Waals surface area contributed by atoms with Crippen molar-refractivity contribution < 1.29 is 14.7 Å². The number of rotatable bonds is 4. The Morgan fingerprint density at radius 1 is 1.50 bits per heavy atom. The van der Waals surface area contributed by atoms with E-state index in [0.29, 0.717) is 17.0 Å². The van der Waals surface area contributed by atoms with E-state index in [1.54, 1.807) is 27.0 Å². The lowest BCUT2D eigenvalue weighted by Gasteiger charge is -2.16. The summed E-state index contributed by atoms with van der Waals surface area (Å²) in [5, 5.41) is 14.5. The lowest BCUT2D eigenvalue weighted by molar-refractivity contribution is -0.126. The first kappa shape index (κ1) is 14.0. The van der Waals surface area contributed by atoms with E-state index in [1.165, 1.54) is 0 Å². The SMILES string of the molecule is CNC(=O)C(C)Oc1ccc(C)cc1/C(C)=N/O. The van der Waals surface area contributed by atoms with Crippen molar-refractivity contribution in [3.8, 4) is 5.75 Å². The molecule has 0 aliphatic rings. The second-order valence-electron chi connectivity index (χ2n) is 4.06. The van der Waals surface area contributed by atoms with Gasteiger partial charge in [-0.05, 0) is 32.9 Å². The Hall–Kier alpha value is -2.04. The van der Waals surface area contributed by atoms with E-state index in [-0.39, 0.29) is 5.91 Å². The largest absolute Gasteiger partial charge is 0.480 e. The third-order valence-corrected chi connectivity index (χ3v) is 2.59. The zero-order valence-corrected chi connectivity index (χ0v) is 11.0. The van der Waals surface area contributed by atoms with Gasteiger partial charge < -0.3 is 15.3 Å². The topological polar surface area (TPSA) is 70.9 Å². The van der Waals surface area contributed by atoms with Gasteiger partial charge in [0.15, 0.2) is 6.10 Å². The number of aryl methyl sites for hydroxylation is 1. The lowest BCUT2D eigenvalue weighted by Crippen LogP contribution is -2.34. The summed E-state index contributed by atoms with van der Waals surface area (Å²) in [4.78, 5) is 11.4. The molecule has 0 aliphatic heterocycles. The minimum atomic E-state index is -0.608. The van der Waals surface area contributed by atoms with Crippen LogP contribution < -0.4 is 10.1 Å². The van der Waals surface area contributed by atoms with Crippen molar-refractivity contribution in [2.24, 2.45) is 5.16 Å². The Labute approximate surface area is 106 Å². The first-order chi connectivity index (χ1) is 8.49. The summed E-state index contributed by atoms with van der Waals surface area (Å²) in [5.74, 6) is 0.312. The number of ether oxygens (including phenoxy) is 1. The number of amides is 1. The molecule has 2 N–H and O–H groups in total. The van der Waals surface area contributed by atoms with Gasteiger partial charge in [0.1, 0.15) is 5.75 Å². The predicted molar refractivity (Wildman–Crippen MR) is 69.3 cm³/mol. The van der Waals surface area contributed by atoms with Crippen molar-refractivity contribution in [3.63, 3.8) is 0 Å². The molecule has 0 saturated heterocycles. The lowest BCUT2D eigenvalue weighted by atomic mass is 10.1. The summed E-state index contributed by atoms with van der Waals surface area (Å²) in [6, 6.07) is 5.49. The van der Waals surface area contributed by atoms with Crippen LogP contribution in [0.25, 0.3) is 0 Å². The van der Waals surface area contributed by atoms with Gasteiger partial charge in [0.25, 0.3) is 5.91 Å². The van der Waals surface area contributed by atoms with Crippen LogP contribution in [-0.2, 0) is 4.79 Å². The quantitative estimate of drug-likeness (QED) is 0.485. The molecule has 0 aliphatic carbocycles. The number of hydrogen-bond donors (Lipinski definition) is 2. The maximum Gasteiger partial charge on any atom is 0.260 e. The minimum absolute atomic E-state index is 0.208. The molecule has 0 saturated carbocycles. The van der Waals surface area contributed by atoms with Crippen LogP contribution in [0.3, 0.4) is 0 Å². The third kappa shape index (κ3) is 3.23. The van der Waals surface area contributed by atoms with Crippen LogP contribution in [0.15, 0.2) is 23.4 Å². The second kappa shape index (κ2) is 6.05. The number of likely N-dealkylation sites (N-methyl/N-ethyl adjacent to an activating group) is 1. The van der Waals surface area contributed by atoms with Crippen molar-refractivity contribution in [1.82, 2.24) is 5.32 Å². The normalized spacial score (nSPS) is 13.0. The fourth-order valence-corrected chi connectivity index (χ4v) is 1.53. The van der Waals surface area contributed by atoms with Crippen molar-refractivity contribution in [2.75, 3.05) is 7.05 Å². The molecular weight excluding hydrogens is 232 g/mol. The third-order valence-electron chi connectivity index (χ3n) is 2.59. The highest BCUT2D eigenvalue weighted by molar-refractivity contribution is 6.01.